The van der Waals surface area contributed by atoms with Crippen LogP contribution in [0.4, 0.5) is 0 Å². The monoisotopic (exact) mass is 285 g/mol. The molecular formula is C13H19NO4S. The number of sulfonamides is 1. The summed E-state index contributed by atoms with van der Waals surface area (Å²) in [7, 11) is -3.37. The van der Waals surface area contributed by atoms with Gasteiger partial charge >= 0.3 is 5.97 Å². The summed E-state index contributed by atoms with van der Waals surface area (Å²) in [5.74, 6) is -1.12. The minimum Gasteiger partial charge on any atom is -0.481 e. The highest BCUT2D eigenvalue weighted by atomic mass is 32.2. The Morgan fingerprint density at radius 3 is 2.63 bits per heavy atom. The first kappa shape index (κ1) is 15.7. The van der Waals surface area contributed by atoms with Crippen LogP contribution in [0, 0.1) is 6.92 Å². The van der Waals surface area contributed by atoms with Crippen LogP contribution in [0.2, 0.25) is 0 Å². The maximum atomic E-state index is 11.6. The number of carboxylic acid groups (broad SMARTS) is 1. The number of rotatable bonds is 8. The van der Waals surface area contributed by atoms with Crippen molar-refractivity contribution in [1.82, 2.24) is 4.72 Å². The zero-order valence-corrected chi connectivity index (χ0v) is 11.7. The van der Waals surface area contributed by atoms with Crippen LogP contribution in [0.1, 0.15) is 24.0 Å². The van der Waals surface area contributed by atoms with Crippen molar-refractivity contribution < 1.29 is 18.3 Å². The van der Waals surface area contributed by atoms with Crippen molar-refractivity contribution in [3.8, 4) is 0 Å². The third-order valence-corrected chi connectivity index (χ3v) is 4.25. The standard InChI is InChI=1S/C13H19NO4S/c1-11-5-2-3-6-12(11)8-9-14-19(17,18)10-4-7-13(15)16/h2-3,5-6,14H,4,7-10H2,1H3,(H,15,16). The maximum Gasteiger partial charge on any atom is 0.303 e. The molecule has 0 aliphatic heterocycles. The predicted molar refractivity (Wildman–Crippen MR) is 73.5 cm³/mol. The predicted octanol–water partition coefficient (Wildman–Crippen LogP) is 1.32. The number of nitrogens with one attached hydrogen (secondary N) is 1. The molecule has 0 fully saturated rings. The fraction of sp³-hybridized carbons (Fsp3) is 0.462. The number of carboxylic acids is 1. The number of benzene rings is 1. The second-order valence-corrected chi connectivity index (χ2v) is 6.31. The van der Waals surface area contributed by atoms with E-state index in [9.17, 15) is 13.2 Å². The van der Waals surface area contributed by atoms with E-state index in [1.807, 2.05) is 31.2 Å². The smallest absolute Gasteiger partial charge is 0.303 e. The van der Waals surface area contributed by atoms with Crippen molar-refractivity contribution >= 4 is 16.0 Å². The first-order chi connectivity index (χ1) is 8.91. The number of carbonyl (C=O) groups is 1. The van der Waals surface area contributed by atoms with E-state index in [-0.39, 0.29) is 18.6 Å². The third kappa shape index (κ3) is 6.35. The summed E-state index contributed by atoms with van der Waals surface area (Å²) in [6, 6.07) is 7.81. The summed E-state index contributed by atoms with van der Waals surface area (Å²) in [4.78, 5) is 10.3. The van der Waals surface area contributed by atoms with Gasteiger partial charge in [0.1, 0.15) is 0 Å². The van der Waals surface area contributed by atoms with Crippen molar-refractivity contribution in [3.63, 3.8) is 0 Å². The van der Waals surface area contributed by atoms with Crippen LogP contribution in [0.3, 0.4) is 0 Å². The average Bonchev–Trinajstić information content (AvgIpc) is 2.30. The first-order valence-corrected chi connectivity index (χ1v) is 7.79. The highest BCUT2D eigenvalue weighted by Gasteiger charge is 2.10. The summed E-state index contributed by atoms with van der Waals surface area (Å²) >= 11 is 0. The van der Waals surface area contributed by atoms with Gasteiger partial charge in [0.2, 0.25) is 10.0 Å². The minimum atomic E-state index is -3.37. The van der Waals surface area contributed by atoms with Crippen molar-refractivity contribution in [1.29, 1.82) is 0 Å². The van der Waals surface area contributed by atoms with Crippen LogP contribution in [-0.2, 0) is 21.2 Å². The molecule has 0 radical (unpaired) electrons. The molecule has 0 aliphatic carbocycles. The molecule has 6 heteroatoms. The lowest BCUT2D eigenvalue weighted by Gasteiger charge is -2.07. The quantitative estimate of drug-likeness (QED) is 0.754. The topological polar surface area (TPSA) is 83.5 Å². The van der Waals surface area contributed by atoms with Gasteiger partial charge in [-0.1, -0.05) is 24.3 Å². The van der Waals surface area contributed by atoms with Gasteiger partial charge in [-0.05, 0) is 30.9 Å². The molecule has 106 valence electrons. The van der Waals surface area contributed by atoms with E-state index in [0.717, 1.165) is 11.1 Å². The molecule has 5 nitrogen and oxygen atoms in total. The zero-order chi connectivity index (χ0) is 14.3. The second-order valence-electron chi connectivity index (χ2n) is 4.39. The molecule has 1 aromatic rings. The minimum absolute atomic E-state index is 0.126. The fourth-order valence-corrected chi connectivity index (χ4v) is 2.80. The van der Waals surface area contributed by atoms with E-state index >= 15 is 0 Å². The van der Waals surface area contributed by atoms with Crippen LogP contribution in [0.15, 0.2) is 24.3 Å². The number of hydrogen-bond acceptors (Lipinski definition) is 3. The van der Waals surface area contributed by atoms with Crippen LogP contribution >= 0.6 is 0 Å². The Balaban J connectivity index is 2.35. The summed E-state index contributed by atoms with van der Waals surface area (Å²) < 4.78 is 25.7. The molecule has 0 spiro atoms. The lowest BCUT2D eigenvalue weighted by Crippen LogP contribution is -2.28. The number of hydrogen-bond donors (Lipinski definition) is 2. The SMILES string of the molecule is Cc1ccccc1CCNS(=O)(=O)CCCC(=O)O. The second kappa shape index (κ2) is 7.25. The Hall–Kier alpha value is -1.40. The fourth-order valence-electron chi connectivity index (χ4n) is 1.72. The molecule has 0 bridgehead atoms. The van der Waals surface area contributed by atoms with Gasteiger partial charge in [-0.25, -0.2) is 13.1 Å². The summed E-state index contributed by atoms with van der Waals surface area (Å²) in [6.45, 7) is 2.32. The molecule has 0 aliphatic rings. The van der Waals surface area contributed by atoms with Gasteiger partial charge in [0.05, 0.1) is 5.75 Å². The Morgan fingerprint density at radius 2 is 2.00 bits per heavy atom. The molecular weight excluding hydrogens is 266 g/mol. The van der Waals surface area contributed by atoms with Gasteiger partial charge in [-0.3, -0.25) is 4.79 Å². The average molecular weight is 285 g/mol. The van der Waals surface area contributed by atoms with Gasteiger partial charge in [-0.2, -0.15) is 0 Å². The highest BCUT2D eigenvalue weighted by Crippen LogP contribution is 2.07. The van der Waals surface area contributed by atoms with Gasteiger partial charge in [0.25, 0.3) is 0 Å². The Morgan fingerprint density at radius 1 is 1.32 bits per heavy atom. The van der Waals surface area contributed by atoms with Crippen molar-refractivity contribution in [3.05, 3.63) is 35.4 Å². The van der Waals surface area contributed by atoms with Gasteiger partial charge < -0.3 is 5.11 Å². The van der Waals surface area contributed by atoms with E-state index in [2.05, 4.69) is 4.72 Å². The van der Waals surface area contributed by atoms with E-state index < -0.39 is 16.0 Å². The highest BCUT2D eigenvalue weighted by molar-refractivity contribution is 7.89. The Kier molecular flexibility index (Phi) is 5.98. The van der Waals surface area contributed by atoms with Gasteiger partial charge in [0.15, 0.2) is 0 Å². The number of aryl methyl sites for hydroxylation is 1. The molecule has 1 rings (SSSR count). The summed E-state index contributed by atoms with van der Waals surface area (Å²) in [5.41, 5.74) is 2.24. The molecule has 0 unspecified atom stereocenters. The van der Waals surface area contributed by atoms with Crippen LogP contribution in [0.25, 0.3) is 0 Å². The molecule has 1 aromatic carbocycles. The van der Waals surface area contributed by atoms with Gasteiger partial charge in [-0.15, -0.1) is 0 Å². The van der Waals surface area contributed by atoms with Crippen molar-refractivity contribution in [2.24, 2.45) is 0 Å². The van der Waals surface area contributed by atoms with Crippen molar-refractivity contribution in [2.75, 3.05) is 12.3 Å². The molecule has 0 aromatic heterocycles. The normalized spacial score (nSPS) is 11.4. The molecule has 2 N–H and O–H groups in total. The number of aliphatic carboxylic acids is 1. The largest absolute Gasteiger partial charge is 0.481 e. The molecule has 0 saturated heterocycles. The Labute approximate surface area is 113 Å². The molecule has 0 saturated carbocycles. The molecule has 19 heavy (non-hydrogen) atoms. The van der Waals surface area contributed by atoms with Gasteiger partial charge in [0, 0.05) is 13.0 Å². The van der Waals surface area contributed by atoms with Crippen LogP contribution in [-0.4, -0.2) is 31.8 Å². The van der Waals surface area contributed by atoms with E-state index in [4.69, 9.17) is 5.11 Å². The van der Waals surface area contributed by atoms with E-state index in [1.54, 1.807) is 0 Å². The van der Waals surface area contributed by atoms with E-state index in [1.165, 1.54) is 0 Å². The lowest BCUT2D eigenvalue weighted by atomic mass is 10.1. The summed E-state index contributed by atoms with van der Waals surface area (Å²) in [5, 5.41) is 8.45. The zero-order valence-electron chi connectivity index (χ0n) is 10.9. The molecule has 0 amide bonds. The maximum absolute atomic E-state index is 11.6. The van der Waals surface area contributed by atoms with Crippen LogP contribution in [0.5, 0.6) is 0 Å². The van der Waals surface area contributed by atoms with Crippen molar-refractivity contribution in [2.45, 2.75) is 26.2 Å². The van der Waals surface area contributed by atoms with Crippen LogP contribution < -0.4 is 4.72 Å². The first-order valence-electron chi connectivity index (χ1n) is 6.14. The molecule has 0 heterocycles. The summed E-state index contributed by atoms with van der Waals surface area (Å²) in [6.07, 6.45) is 0.637. The lowest BCUT2D eigenvalue weighted by molar-refractivity contribution is -0.137. The third-order valence-electron chi connectivity index (χ3n) is 2.78. The van der Waals surface area contributed by atoms with E-state index in [0.29, 0.717) is 13.0 Å². The molecule has 0 atom stereocenters. The Bertz CT molecular complexity index is 525.